The number of benzene rings is 1. The third-order valence-corrected chi connectivity index (χ3v) is 10.0. The standard InChI is InChI=1S/C32H44FN7O5S/c1-19(2)21-7-8-25(40-16-20(17-40)27(46(6,43)44)15-36-31(42)45-32(3,4)5)23-14-35-29(13-22(21)23)37-28-9-11-34-30(38-28)39-12-10-26(41)24(33)18-39/h7-9,11,13-14,19-20,24,26-27,41H,10,12,15-18H2,1-6H3,(H,36,42)(H,34,35,37,38)/t24-,26+,27+/m0/s1. The van der Waals surface area contributed by atoms with E-state index in [4.69, 9.17) is 4.74 Å². The normalized spacial score (nSPS) is 20.0. The Labute approximate surface area is 269 Å². The number of hydrogen-bond donors (Lipinski definition) is 3. The zero-order valence-electron chi connectivity index (χ0n) is 27.2. The van der Waals surface area contributed by atoms with Crippen LogP contribution in [-0.4, -0.2) is 96.7 Å². The van der Waals surface area contributed by atoms with Gasteiger partial charge in [-0.1, -0.05) is 19.9 Å². The molecule has 2 aliphatic heterocycles. The van der Waals surface area contributed by atoms with E-state index in [1.807, 2.05) is 12.3 Å². The lowest BCUT2D eigenvalue weighted by molar-refractivity contribution is 0.0525. The van der Waals surface area contributed by atoms with E-state index < -0.39 is 39.1 Å². The maximum Gasteiger partial charge on any atom is 0.407 e. The third kappa shape index (κ3) is 7.77. The summed E-state index contributed by atoms with van der Waals surface area (Å²) in [4.78, 5) is 29.6. The molecule has 3 N–H and O–H groups in total. The third-order valence-electron chi connectivity index (χ3n) is 8.40. The molecule has 1 aromatic carbocycles. The van der Waals surface area contributed by atoms with Gasteiger partial charge in [-0.15, -0.1) is 0 Å². The van der Waals surface area contributed by atoms with Gasteiger partial charge in [0, 0.05) is 61.8 Å². The molecule has 1 amide bonds. The maximum atomic E-state index is 14.1. The zero-order chi connectivity index (χ0) is 33.4. The van der Waals surface area contributed by atoms with Crippen LogP contribution in [0.4, 0.5) is 32.5 Å². The molecule has 0 radical (unpaired) electrons. The Morgan fingerprint density at radius 3 is 2.50 bits per heavy atom. The Morgan fingerprint density at radius 2 is 1.85 bits per heavy atom. The summed E-state index contributed by atoms with van der Waals surface area (Å²) in [6.07, 6.45) is 1.97. The summed E-state index contributed by atoms with van der Waals surface area (Å²) in [7, 11) is -3.44. The van der Waals surface area contributed by atoms with Crippen LogP contribution in [0.2, 0.25) is 0 Å². The minimum atomic E-state index is -3.44. The van der Waals surface area contributed by atoms with Crippen molar-refractivity contribution in [2.45, 2.75) is 70.1 Å². The molecule has 0 aliphatic carbocycles. The Morgan fingerprint density at radius 1 is 1.11 bits per heavy atom. The van der Waals surface area contributed by atoms with Crippen molar-refractivity contribution in [1.82, 2.24) is 20.3 Å². The van der Waals surface area contributed by atoms with Crippen LogP contribution < -0.4 is 20.4 Å². The summed E-state index contributed by atoms with van der Waals surface area (Å²) in [5.41, 5.74) is 1.42. The fraction of sp³-hybridized carbons (Fsp3) is 0.562. The summed E-state index contributed by atoms with van der Waals surface area (Å²) in [5.74, 6) is 1.55. The maximum absolute atomic E-state index is 14.1. The number of pyridine rings is 1. The number of rotatable bonds is 9. The molecule has 4 heterocycles. The number of piperidine rings is 1. The fourth-order valence-corrected chi connectivity index (χ4v) is 7.24. The number of fused-ring (bicyclic) bond motifs is 1. The summed E-state index contributed by atoms with van der Waals surface area (Å²) >= 11 is 0. The fourth-order valence-electron chi connectivity index (χ4n) is 5.98. The Balaban J connectivity index is 1.33. The zero-order valence-corrected chi connectivity index (χ0v) is 28.0. The largest absolute Gasteiger partial charge is 0.444 e. The summed E-state index contributed by atoms with van der Waals surface area (Å²) in [6, 6.07) is 7.85. The number of ether oxygens (including phenoxy) is 1. The van der Waals surface area contributed by atoms with E-state index in [0.717, 1.165) is 22.0 Å². The lowest BCUT2D eigenvalue weighted by atomic mass is 9.91. The van der Waals surface area contributed by atoms with Gasteiger partial charge in [-0.2, -0.15) is 4.98 Å². The second-order valence-corrected chi connectivity index (χ2v) is 15.8. The van der Waals surface area contributed by atoms with Crippen LogP contribution in [0.5, 0.6) is 0 Å². The molecular weight excluding hydrogens is 613 g/mol. The Kier molecular flexibility index (Phi) is 9.60. The molecule has 250 valence electrons. The van der Waals surface area contributed by atoms with E-state index in [9.17, 15) is 22.7 Å². The average molecular weight is 658 g/mol. The number of nitrogens with one attached hydrogen (secondary N) is 2. The number of sulfone groups is 1. The van der Waals surface area contributed by atoms with Crippen LogP contribution in [0.15, 0.2) is 36.7 Å². The molecule has 0 saturated carbocycles. The van der Waals surface area contributed by atoms with E-state index in [1.165, 1.54) is 6.26 Å². The highest BCUT2D eigenvalue weighted by Crippen LogP contribution is 2.38. The number of alkyl carbamates (subject to hydrolysis) is 1. The number of halogens is 1. The molecule has 0 bridgehead atoms. The first-order chi connectivity index (χ1) is 21.6. The number of anilines is 4. The molecular formula is C32H44FN7O5S. The van der Waals surface area contributed by atoms with Crippen LogP contribution in [0.25, 0.3) is 10.8 Å². The minimum Gasteiger partial charge on any atom is -0.444 e. The number of aromatic nitrogens is 3. The molecule has 0 spiro atoms. The molecule has 2 aromatic heterocycles. The average Bonchev–Trinajstić information content (AvgIpc) is 2.93. The van der Waals surface area contributed by atoms with Gasteiger partial charge in [0.25, 0.3) is 0 Å². The number of aliphatic hydroxyl groups excluding tert-OH is 1. The van der Waals surface area contributed by atoms with Gasteiger partial charge in [0.05, 0.1) is 17.9 Å². The van der Waals surface area contributed by atoms with Crippen molar-refractivity contribution in [3.05, 3.63) is 42.2 Å². The number of carbonyl (C=O) groups excluding carboxylic acids is 1. The van der Waals surface area contributed by atoms with Gasteiger partial charge < -0.3 is 30.3 Å². The van der Waals surface area contributed by atoms with Crippen LogP contribution in [0, 0.1) is 5.92 Å². The van der Waals surface area contributed by atoms with Gasteiger partial charge in [0.2, 0.25) is 5.95 Å². The number of nitrogens with zero attached hydrogens (tertiary/aromatic N) is 5. The predicted octanol–water partition coefficient (Wildman–Crippen LogP) is 4.18. The van der Waals surface area contributed by atoms with E-state index in [0.29, 0.717) is 43.6 Å². The van der Waals surface area contributed by atoms with Crippen molar-refractivity contribution in [3.63, 3.8) is 0 Å². The van der Waals surface area contributed by atoms with Crippen LogP contribution in [-0.2, 0) is 14.6 Å². The highest BCUT2D eigenvalue weighted by Gasteiger charge is 2.40. The number of aliphatic hydroxyl groups is 1. The molecule has 0 unspecified atom stereocenters. The molecule has 14 heteroatoms. The van der Waals surface area contributed by atoms with Crippen molar-refractivity contribution in [2.75, 3.05) is 54.1 Å². The van der Waals surface area contributed by atoms with Crippen LogP contribution in [0.1, 0.15) is 52.5 Å². The minimum absolute atomic E-state index is 0.0191. The highest BCUT2D eigenvalue weighted by molar-refractivity contribution is 7.91. The van der Waals surface area contributed by atoms with Crippen molar-refractivity contribution in [3.8, 4) is 0 Å². The van der Waals surface area contributed by atoms with Gasteiger partial charge in [0.1, 0.15) is 23.4 Å². The van der Waals surface area contributed by atoms with Gasteiger partial charge >= 0.3 is 6.09 Å². The van der Waals surface area contributed by atoms with Gasteiger partial charge in [-0.25, -0.2) is 27.6 Å². The number of carbonyl (C=O) groups is 1. The molecule has 46 heavy (non-hydrogen) atoms. The highest BCUT2D eigenvalue weighted by atomic mass is 32.2. The second kappa shape index (κ2) is 13.1. The van der Waals surface area contributed by atoms with Crippen molar-refractivity contribution in [1.29, 1.82) is 0 Å². The molecule has 2 aliphatic rings. The predicted molar refractivity (Wildman–Crippen MR) is 177 cm³/mol. The smallest absolute Gasteiger partial charge is 0.407 e. The molecule has 2 saturated heterocycles. The second-order valence-electron chi connectivity index (χ2n) is 13.5. The summed E-state index contributed by atoms with van der Waals surface area (Å²) in [5, 5.41) is 16.9. The summed E-state index contributed by atoms with van der Waals surface area (Å²) < 4.78 is 44.8. The molecule has 5 rings (SSSR count). The van der Waals surface area contributed by atoms with E-state index in [2.05, 4.69) is 56.5 Å². The van der Waals surface area contributed by atoms with Crippen molar-refractivity contribution >= 4 is 50.0 Å². The van der Waals surface area contributed by atoms with Gasteiger partial charge in [0.15, 0.2) is 9.84 Å². The lowest BCUT2D eigenvalue weighted by Gasteiger charge is -2.44. The quantitative estimate of drug-likeness (QED) is 0.304. The van der Waals surface area contributed by atoms with Crippen molar-refractivity contribution in [2.24, 2.45) is 5.92 Å². The van der Waals surface area contributed by atoms with Crippen molar-refractivity contribution < 1.29 is 27.4 Å². The Bertz CT molecular complexity index is 1680. The first kappa shape index (κ1) is 33.6. The number of alkyl halides is 1. The molecule has 12 nitrogen and oxygen atoms in total. The molecule has 2 fully saturated rings. The van der Waals surface area contributed by atoms with Crippen LogP contribution in [0.3, 0.4) is 0 Å². The molecule has 3 aromatic rings. The first-order valence-corrected chi connectivity index (χ1v) is 17.5. The van der Waals surface area contributed by atoms with Gasteiger partial charge in [-0.05, 0) is 62.3 Å². The monoisotopic (exact) mass is 657 g/mol. The number of amides is 1. The van der Waals surface area contributed by atoms with E-state index in [-0.39, 0.29) is 24.9 Å². The van der Waals surface area contributed by atoms with Crippen LogP contribution >= 0.6 is 0 Å². The van der Waals surface area contributed by atoms with E-state index >= 15 is 0 Å². The topological polar surface area (TPSA) is 150 Å². The SMILES string of the molecule is CC(C)c1ccc(N2CC([C@@H](CNC(=O)OC(C)(C)C)S(C)(=O)=O)C2)c2cnc(Nc3ccnc(N4CC[C@@H](O)[C@@H](F)C4)n3)cc12. The number of hydrogen-bond acceptors (Lipinski definition) is 11. The Hall–Kier alpha value is -3.78. The first-order valence-electron chi connectivity index (χ1n) is 15.6. The van der Waals surface area contributed by atoms with E-state index in [1.54, 1.807) is 37.9 Å². The lowest BCUT2D eigenvalue weighted by Crippen LogP contribution is -2.57. The van der Waals surface area contributed by atoms with Gasteiger partial charge in [-0.3, -0.25) is 0 Å². The molecule has 3 atom stereocenters. The summed E-state index contributed by atoms with van der Waals surface area (Å²) in [6.45, 7) is 11.0.